The minimum Gasteiger partial charge on any atom is -0.494 e. The molecule has 21 heavy (non-hydrogen) atoms. The lowest BCUT2D eigenvalue weighted by molar-refractivity contribution is -0.110. The Morgan fingerprint density at radius 2 is 1.86 bits per heavy atom. The molecule has 1 aliphatic carbocycles. The summed E-state index contributed by atoms with van der Waals surface area (Å²) in [5, 5.41) is 0. The number of ketones is 1. The summed E-state index contributed by atoms with van der Waals surface area (Å²) in [5.74, 6) is 0.363. The molecule has 110 valence electrons. The van der Waals surface area contributed by atoms with Crippen molar-refractivity contribution in [3.8, 4) is 5.75 Å². The molecule has 0 saturated heterocycles. The van der Waals surface area contributed by atoms with E-state index < -0.39 is 10.0 Å². The van der Waals surface area contributed by atoms with Gasteiger partial charge in [0.25, 0.3) is 10.0 Å². The van der Waals surface area contributed by atoms with Crippen molar-refractivity contribution in [1.82, 2.24) is 0 Å². The van der Waals surface area contributed by atoms with E-state index in [0.717, 1.165) is 0 Å². The minimum atomic E-state index is -3.83. The van der Waals surface area contributed by atoms with Crippen LogP contribution in [0.1, 0.15) is 6.92 Å². The number of ether oxygens (including phenoxy) is 1. The Labute approximate surface area is 131 Å². The number of hydrogen-bond donors (Lipinski definition) is 0. The van der Waals surface area contributed by atoms with Crippen LogP contribution in [0.3, 0.4) is 0 Å². The molecule has 0 saturated carbocycles. The molecule has 0 amide bonds. The second-order valence-electron chi connectivity index (χ2n) is 4.09. The van der Waals surface area contributed by atoms with Crippen molar-refractivity contribution >= 4 is 37.4 Å². The summed E-state index contributed by atoms with van der Waals surface area (Å²) < 4.78 is 33.6. The fourth-order valence-electron chi connectivity index (χ4n) is 1.61. The van der Waals surface area contributed by atoms with Crippen LogP contribution in [-0.4, -0.2) is 26.5 Å². The van der Waals surface area contributed by atoms with Crippen LogP contribution in [0.2, 0.25) is 0 Å². The van der Waals surface area contributed by atoms with Crippen molar-refractivity contribution in [1.29, 1.82) is 0 Å². The maximum Gasteiger partial charge on any atom is 0.282 e. The number of carbonyl (C=O) groups is 1. The van der Waals surface area contributed by atoms with Gasteiger partial charge in [0.15, 0.2) is 5.78 Å². The van der Waals surface area contributed by atoms with E-state index in [4.69, 9.17) is 4.74 Å². The van der Waals surface area contributed by atoms with Crippen LogP contribution in [0.15, 0.2) is 56.3 Å². The molecule has 2 rings (SSSR count). The Morgan fingerprint density at radius 3 is 2.43 bits per heavy atom. The predicted molar refractivity (Wildman–Crippen MR) is 83.4 cm³/mol. The number of benzene rings is 1. The summed E-state index contributed by atoms with van der Waals surface area (Å²) in [6.07, 6.45) is 3.99. The molecule has 0 bridgehead atoms. The second-order valence-corrected chi connectivity index (χ2v) is 6.54. The summed E-state index contributed by atoms with van der Waals surface area (Å²) in [4.78, 5) is 11.3. The smallest absolute Gasteiger partial charge is 0.282 e. The Bertz CT molecular complexity index is 746. The van der Waals surface area contributed by atoms with E-state index in [-0.39, 0.29) is 20.9 Å². The van der Waals surface area contributed by atoms with E-state index in [1.54, 1.807) is 12.1 Å². The van der Waals surface area contributed by atoms with E-state index >= 15 is 0 Å². The quantitative estimate of drug-likeness (QED) is 0.764. The molecular weight excluding hydrogens is 358 g/mol. The van der Waals surface area contributed by atoms with E-state index in [9.17, 15) is 13.2 Å². The van der Waals surface area contributed by atoms with Gasteiger partial charge in [0, 0.05) is 0 Å². The fourth-order valence-corrected chi connectivity index (χ4v) is 2.96. The van der Waals surface area contributed by atoms with Crippen molar-refractivity contribution in [2.45, 2.75) is 11.8 Å². The van der Waals surface area contributed by atoms with Crippen molar-refractivity contribution in [2.24, 2.45) is 4.40 Å². The molecule has 0 radical (unpaired) electrons. The highest BCUT2D eigenvalue weighted by Gasteiger charge is 2.16. The van der Waals surface area contributed by atoms with Gasteiger partial charge in [-0.15, -0.1) is 0 Å². The van der Waals surface area contributed by atoms with Gasteiger partial charge in [0.05, 0.1) is 21.7 Å². The number of sulfonamides is 1. The zero-order valence-corrected chi connectivity index (χ0v) is 13.5. The largest absolute Gasteiger partial charge is 0.494 e. The predicted octanol–water partition coefficient (Wildman–Crippen LogP) is 2.63. The number of carbonyl (C=O) groups excluding carboxylic acids is 1. The summed E-state index contributed by atoms with van der Waals surface area (Å²) in [5.41, 5.74) is 0.190. The van der Waals surface area contributed by atoms with E-state index in [1.165, 1.54) is 30.4 Å². The highest BCUT2D eigenvalue weighted by molar-refractivity contribution is 9.12. The molecule has 1 aromatic rings. The van der Waals surface area contributed by atoms with Gasteiger partial charge in [0.1, 0.15) is 5.75 Å². The van der Waals surface area contributed by atoms with Crippen molar-refractivity contribution in [2.75, 3.05) is 6.61 Å². The molecule has 0 aromatic heterocycles. The molecule has 7 heteroatoms. The lowest BCUT2D eigenvalue weighted by atomic mass is 10.2. The number of halogens is 1. The Hall–Kier alpha value is -1.73. The third kappa shape index (κ3) is 3.89. The summed E-state index contributed by atoms with van der Waals surface area (Å²) >= 11 is 3.05. The van der Waals surface area contributed by atoms with Crippen LogP contribution >= 0.6 is 15.9 Å². The monoisotopic (exact) mass is 369 g/mol. The van der Waals surface area contributed by atoms with Gasteiger partial charge in [-0.25, -0.2) is 0 Å². The number of nitrogens with zero attached hydrogens (tertiary/aromatic N) is 1. The van der Waals surface area contributed by atoms with Crippen LogP contribution in [-0.2, 0) is 14.8 Å². The zero-order valence-electron chi connectivity index (χ0n) is 11.1. The maximum absolute atomic E-state index is 12.2. The molecule has 0 N–H and O–H groups in total. The highest BCUT2D eigenvalue weighted by atomic mass is 79.9. The maximum atomic E-state index is 12.2. The molecule has 0 spiro atoms. The third-order valence-corrected chi connectivity index (χ3v) is 4.51. The number of allylic oxidation sites excluding steroid dienone is 4. The molecule has 0 fully saturated rings. The van der Waals surface area contributed by atoms with E-state index in [0.29, 0.717) is 12.4 Å². The number of rotatable bonds is 4. The van der Waals surface area contributed by atoms with Crippen molar-refractivity contribution in [3.63, 3.8) is 0 Å². The Balaban J connectivity index is 2.30. The van der Waals surface area contributed by atoms with Gasteiger partial charge in [-0.3, -0.25) is 4.79 Å². The van der Waals surface area contributed by atoms with Gasteiger partial charge in [-0.2, -0.15) is 12.8 Å². The van der Waals surface area contributed by atoms with E-state index in [1.807, 2.05) is 6.92 Å². The van der Waals surface area contributed by atoms with Crippen LogP contribution < -0.4 is 4.74 Å². The first kappa shape index (κ1) is 15.7. The van der Waals surface area contributed by atoms with E-state index in [2.05, 4.69) is 20.3 Å². The van der Waals surface area contributed by atoms with Crippen molar-refractivity contribution < 1.29 is 17.9 Å². The second kappa shape index (κ2) is 6.36. The van der Waals surface area contributed by atoms with Gasteiger partial charge < -0.3 is 4.74 Å². The molecule has 0 heterocycles. The molecule has 1 aliphatic rings. The van der Waals surface area contributed by atoms with Gasteiger partial charge >= 0.3 is 0 Å². The Morgan fingerprint density at radius 1 is 1.19 bits per heavy atom. The van der Waals surface area contributed by atoms with Crippen LogP contribution in [0.5, 0.6) is 5.75 Å². The first-order chi connectivity index (χ1) is 9.92. The van der Waals surface area contributed by atoms with Crippen LogP contribution in [0.4, 0.5) is 0 Å². The fraction of sp³-hybridized carbons (Fsp3) is 0.143. The normalized spacial score (nSPS) is 17.0. The molecular formula is C14H12BrNO4S. The summed E-state index contributed by atoms with van der Waals surface area (Å²) in [7, 11) is -3.83. The van der Waals surface area contributed by atoms with Crippen LogP contribution in [0, 0.1) is 0 Å². The van der Waals surface area contributed by atoms with Crippen LogP contribution in [0.25, 0.3) is 0 Å². The SMILES string of the molecule is CCOc1ccc(S(=O)(=O)/N=C2\C=CC(=O)C(Br)=C2)cc1. The average molecular weight is 370 g/mol. The van der Waals surface area contributed by atoms with Gasteiger partial charge in [0.2, 0.25) is 0 Å². The zero-order chi connectivity index (χ0) is 15.5. The first-order valence-electron chi connectivity index (χ1n) is 6.10. The molecule has 0 atom stereocenters. The highest BCUT2D eigenvalue weighted by Crippen LogP contribution is 2.19. The summed E-state index contributed by atoms with van der Waals surface area (Å²) in [6.45, 7) is 2.35. The third-order valence-electron chi connectivity index (χ3n) is 2.57. The standard InChI is InChI=1S/C14H12BrNO4S/c1-2-20-11-4-6-12(7-5-11)21(18,19)16-10-3-8-14(17)13(15)9-10/h3-9H,2H2,1H3/b16-10+. The Kier molecular flexibility index (Phi) is 4.74. The number of hydrogen-bond acceptors (Lipinski definition) is 4. The van der Waals surface area contributed by atoms with Crippen molar-refractivity contribution in [3.05, 3.63) is 47.0 Å². The molecule has 1 aromatic carbocycles. The van der Waals surface area contributed by atoms with Gasteiger partial charge in [-0.05, 0) is 65.3 Å². The molecule has 0 unspecified atom stereocenters. The topological polar surface area (TPSA) is 72.8 Å². The molecule has 0 aliphatic heterocycles. The lowest BCUT2D eigenvalue weighted by Crippen LogP contribution is -2.07. The van der Waals surface area contributed by atoms with Gasteiger partial charge in [-0.1, -0.05) is 0 Å². The minimum absolute atomic E-state index is 0.0632. The average Bonchev–Trinajstić information content (AvgIpc) is 2.44. The lowest BCUT2D eigenvalue weighted by Gasteiger charge is -2.05. The summed E-state index contributed by atoms with van der Waals surface area (Å²) in [6, 6.07) is 6.01. The molecule has 5 nitrogen and oxygen atoms in total. The first-order valence-corrected chi connectivity index (χ1v) is 8.33.